The number of ether oxygens (including phenoxy) is 1. The number of hydrogen-bond donors (Lipinski definition) is 1. The molecule has 0 fully saturated rings. The van der Waals surface area contributed by atoms with E-state index in [1.807, 2.05) is 6.08 Å². The van der Waals surface area contributed by atoms with Crippen molar-refractivity contribution in [3.63, 3.8) is 0 Å². The van der Waals surface area contributed by atoms with Crippen LogP contribution in [0.4, 0.5) is 4.39 Å². The Kier molecular flexibility index (Phi) is 3.81. The van der Waals surface area contributed by atoms with Gasteiger partial charge in [0.15, 0.2) is 11.9 Å². The molecule has 1 atom stereocenters. The smallest absolute Gasteiger partial charge is 0.156 e. The highest BCUT2D eigenvalue weighted by Crippen LogP contribution is 2.39. The predicted molar refractivity (Wildman–Crippen MR) is 70.2 cm³/mol. The van der Waals surface area contributed by atoms with Crippen LogP contribution >= 0.6 is 0 Å². The van der Waals surface area contributed by atoms with E-state index in [2.05, 4.69) is 0 Å². The third kappa shape index (κ3) is 2.44. The number of carbonyl (C=O) groups excluding carboxylic acids is 1. The zero-order chi connectivity index (χ0) is 13.9. The van der Waals surface area contributed by atoms with Crippen molar-refractivity contribution < 1.29 is 19.0 Å². The highest BCUT2D eigenvalue weighted by Gasteiger charge is 2.36. The van der Waals surface area contributed by atoms with Crippen LogP contribution in [-0.4, -0.2) is 23.6 Å². The van der Waals surface area contributed by atoms with Gasteiger partial charge in [-0.05, 0) is 19.1 Å². The highest BCUT2D eigenvalue weighted by atomic mass is 19.1. The molecule has 0 bridgehead atoms. The van der Waals surface area contributed by atoms with Crippen molar-refractivity contribution in [3.05, 3.63) is 47.8 Å². The van der Waals surface area contributed by atoms with E-state index < -0.39 is 11.4 Å². The van der Waals surface area contributed by atoms with E-state index in [0.717, 1.165) is 12.4 Å². The molecule has 0 heterocycles. The molecule has 2 rings (SSSR count). The lowest BCUT2D eigenvalue weighted by molar-refractivity contribution is -0.123. The van der Waals surface area contributed by atoms with Gasteiger partial charge in [0, 0.05) is 30.2 Å². The van der Waals surface area contributed by atoms with Gasteiger partial charge in [-0.3, -0.25) is 4.79 Å². The first-order valence-corrected chi connectivity index (χ1v) is 6.09. The molecular formula is C15H15FO3. The van der Waals surface area contributed by atoms with Crippen LogP contribution in [-0.2, 0) is 9.53 Å². The molecular weight excluding hydrogens is 247 g/mol. The number of rotatable bonds is 4. The van der Waals surface area contributed by atoms with E-state index in [-0.39, 0.29) is 5.75 Å². The average molecular weight is 262 g/mol. The van der Waals surface area contributed by atoms with Gasteiger partial charge in [0.25, 0.3) is 0 Å². The van der Waals surface area contributed by atoms with Gasteiger partial charge in [-0.15, -0.1) is 0 Å². The molecule has 0 spiro atoms. The Balaban J connectivity index is 2.53. The second-order valence-electron chi connectivity index (χ2n) is 4.31. The zero-order valence-electron chi connectivity index (χ0n) is 10.6. The molecule has 19 heavy (non-hydrogen) atoms. The molecule has 1 aromatic carbocycles. The van der Waals surface area contributed by atoms with Crippen molar-refractivity contribution in [3.8, 4) is 5.75 Å². The quantitative estimate of drug-likeness (QED) is 0.849. The van der Waals surface area contributed by atoms with E-state index in [1.165, 1.54) is 12.1 Å². The molecule has 100 valence electrons. The Hall–Kier alpha value is -1.94. The summed E-state index contributed by atoms with van der Waals surface area (Å²) in [6, 6.07) is 3.72. The standard InChI is InChI=1S/C15H15FO3/c1-2-19-15(10-17)8-4-3-5-13(15)12-7-6-11(16)9-14(12)18/h3-7,9-10,18H,2,8H2,1H3. The number of phenols is 1. The van der Waals surface area contributed by atoms with Gasteiger partial charge in [-0.2, -0.15) is 0 Å². The number of aldehydes is 1. The van der Waals surface area contributed by atoms with Crippen molar-refractivity contribution in [2.24, 2.45) is 0 Å². The van der Waals surface area contributed by atoms with Crippen molar-refractivity contribution >= 4 is 11.9 Å². The predicted octanol–water partition coefficient (Wildman–Crippen LogP) is 2.85. The van der Waals surface area contributed by atoms with Crippen LogP contribution in [0.15, 0.2) is 36.4 Å². The summed E-state index contributed by atoms with van der Waals surface area (Å²) in [6.45, 7) is 2.16. The van der Waals surface area contributed by atoms with Gasteiger partial charge in [-0.1, -0.05) is 18.2 Å². The molecule has 0 amide bonds. The maximum absolute atomic E-state index is 13.0. The average Bonchev–Trinajstić information content (AvgIpc) is 2.40. The van der Waals surface area contributed by atoms with Crippen molar-refractivity contribution in [1.29, 1.82) is 0 Å². The maximum Gasteiger partial charge on any atom is 0.156 e. The lowest BCUT2D eigenvalue weighted by Gasteiger charge is -2.32. The van der Waals surface area contributed by atoms with Crippen molar-refractivity contribution in [2.75, 3.05) is 6.61 Å². The molecule has 0 radical (unpaired) electrons. The summed E-state index contributed by atoms with van der Waals surface area (Å²) < 4.78 is 18.6. The van der Waals surface area contributed by atoms with Gasteiger partial charge >= 0.3 is 0 Å². The van der Waals surface area contributed by atoms with Crippen LogP contribution in [0.25, 0.3) is 5.57 Å². The number of phenolic OH excluding ortho intramolecular Hbond substituents is 1. The van der Waals surface area contributed by atoms with Gasteiger partial charge in [-0.25, -0.2) is 4.39 Å². The first-order chi connectivity index (χ1) is 9.13. The maximum atomic E-state index is 13.0. The molecule has 4 heteroatoms. The van der Waals surface area contributed by atoms with Gasteiger partial charge in [0.1, 0.15) is 11.6 Å². The van der Waals surface area contributed by atoms with Gasteiger partial charge in [0.05, 0.1) is 0 Å². The first kappa shape index (κ1) is 13.5. The molecule has 3 nitrogen and oxygen atoms in total. The number of benzene rings is 1. The minimum absolute atomic E-state index is 0.201. The normalized spacial score (nSPS) is 22.1. The van der Waals surface area contributed by atoms with E-state index in [9.17, 15) is 14.3 Å². The monoisotopic (exact) mass is 262 g/mol. The molecule has 0 saturated heterocycles. The number of allylic oxidation sites excluding steroid dienone is 2. The SMILES string of the molecule is CCOC1(C=O)CC=CC=C1c1ccc(F)cc1O. The largest absolute Gasteiger partial charge is 0.507 e. The van der Waals surface area contributed by atoms with Crippen LogP contribution in [0.3, 0.4) is 0 Å². The molecule has 0 aliphatic heterocycles. The zero-order valence-corrected chi connectivity index (χ0v) is 10.6. The Morgan fingerprint density at radius 1 is 1.53 bits per heavy atom. The van der Waals surface area contributed by atoms with E-state index in [0.29, 0.717) is 24.2 Å². The highest BCUT2D eigenvalue weighted by molar-refractivity contribution is 5.91. The molecule has 1 unspecified atom stereocenters. The number of halogens is 1. The summed E-state index contributed by atoms with van der Waals surface area (Å²) in [4.78, 5) is 11.5. The molecule has 1 N–H and O–H groups in total. The summed E-state index contributed by atoms with van der Waals surface area (Å²) in [5.41, 5.74) is -0.158. The summed E-state index contributed by atoms with van der Waals surface area (Å²) in [5.74, 6) is -0.728. The summed E-state index contributed by atoms with van der Waals surface area (Å²) in [7, 11) is 0. The van der Waals surface area contributed by atoms with E-state index in [4.69, 9.17) is 4.74 Å². The summed E-state index contributed by atoms with van der Waals surface area (Å²) in [6.07, 6.45) is 6.45. The number of hydrogen-bond acceptors (Lipinski definition) is 3. The Morgan fingerprint density at radius 3 is 2.95 bits per heavy atom. The van der Waals surface area contributed by atoms with Crippen molar-refractivity contribution in [1.82, 2.24) is 0 Å². The minimum Gasteiger partial charge on any atom is -0.507 e. The fourth-order valence-corrected chi connectivity index (χ4v) is 2.25. The van der Waals surface area contributed by atoms with Gasteiger partial charge in [0.2, 0.25) is 0 Å². The van der Waals surface area contributed by atoms with Gasteiger partial charge < -0.3 is 9.84 Å². The minimum atomic E-state index is -1.11. The molecule has 1 aromatic rings. The Labute approximate surface area is 111 Å². The second kappa shape index (κ2) is 5.36. The fourth-order valence-electron chi connectivity index (χ4n) is 2.25. The number of aromatic hydroxyl groups is 1. The van der Waals surface area contributed by atoms with Crippen LogP contribution in [0.2, 0.25) is 0 Å². The lowest BCUT2D eigenvalue weighted by atomic mass is 9.83. The van der Waals surface area contributed by atoms with Crippen LogP contribution < -0.4 is 0 Å². The summed E-state index contributed by atoms with van der Waals surface area (Å²) in [5, 5.41) is 9.86. The van der Waals surface area contributed by atoms with E-state index in [1.54, 1.807) is 19.1 Å². The van der Waals surface area contributed by atoms with Crippen LogP contribution in [0, 0.1) is 5.82 Å². The fraction of sp³-hybridized carbons (Fsp3) is 0.267. The Morgan fingerprint density at radius 2 is 2.32 bits per heavy atom. The summed E-state index contributed by atoms with van der Waals surface area (Å²) >= 11 is 0. The van der Waals surface area contributed by atoms with Crippen LogP contribution in [0.1, 0.15) is 18.9 Å². The lowest BCUT2D eigenvalue weighted by Crippen LogP contribution is -2.36. The Bertz CT molecular complexity index is 548. The van der Waals surface area contributed by atoms with Crippen LogP contribution in [0.5, 0.6) is 5.75 Å². The molecule has 0 aromatic heterocycles. The molecule has 0 saturated carbocycles. The van der Waals surface area contributed by atoms with E-state index >= 15 is 0 Å². The topological polar surface area (TPSA) is 46.5 Å². The molecule has 1 aliphatic rings. The van der Waals surface area contributed by atoms with Crippen molar-refractivity contribution in [2.45, 2.75) is 18.9 Å². The number of carbonyl (C=O) groups is 1. The molecule has 1 aliphatic carbocycles. The second-order valence-corrected chi connectivity index (χ2v) is 4.31. The third-order valence-electron chi connectivity index (χ3n) is 3.12. The first-order valence-electron chi connectivity index (χ1n) is 6.09. The third-order valence-corrected chi connectivity index (χ3v) is 3.12.